The van der Waals surface area contributed by atoms with Crippen LogP contribution in [0.4, 0.5) is 11.4 Å². The van der Waals surface area contributed by atoms with Crippen LogP contribution in [0.1, 0.15) is 30.1 Å². The average Bonchev–Trinajstić information content (AvgIpc) is 2.46. The van der Waals surface area contributed by atoms with Gasteiger partial charge in [-0.3, -0.25) is 14.9 Å². The number of likely N-dealkylation sites (tertiary alicyclic amines) is 1. The van der Waals surface area contributed by atoms with Crippen molar-refractivity contribution in [2.75, 3.05) is 38.6 Å². The Morgan fingerprint density at radius 2 is 2.23 bits per heavy atom. The quantitative estimate of drug-likeness (QED) is 0.475. The van der Waals surface area contributed by atoms with Crippen LogP contribution in [0.2, 0.25) is 0 Å². The average molecular weight is 305 g/mol. The molecule has 0 radical (unpaired) electrons. The number of ketones is 1. The Morgan fingerprint density at radius 3 is 2.82 bits per heavy atom. The van der Waals surface area contributed by atoms with E-state index >= 15 is 0 Å². The van der Waals surface area contributed by atoms with Gasteiger partial charge in [0.15, 0.2) is 5.78 Å². The van der Waals surface area contributed by atoms with Crippen molar-refractivity contribution in [3.05, 3.63) is 33.9 Å². The molecular formula is C16H23N3O3. The minimum Gasteiger partial charge on any atom is -0.369 e. The van der Waals surface area contributed by atoms with Crippen molar-refractivity contribution >= 4 is 17.2 Å². The van der Waals surface area contributed by atoms with Gasteiger partial charge >= 0.3 is 0 Å². The zero-order valence-corrected chi connectivity index (χ0v) is 13.4. The van der Waals surface area contributed by atoms with Crippen LogP contribution in [0.15, 0.2) is 18.2 Å². The molecule has 1 aliphatic heterocycles. The van der Waals surface area contributed by atoms with Gasteiger partial charge in [-0.25, -0.2) is 0 Å². The van der Waals surface area contributed by atoms with E-state index in [9.17, 15) is 14.9 Å². The summed E-state index contributed by atoms with van der Waals surface area (Å²) in [5, 5.41) is 11.3. The summed E-state index contributed by atoms with van der Waals surface area (Å²) in [5.74, 6) is 0.349. The molecule has 6 nitrogen and oxygen atoms in total. The molecule has 1 aliphatic rings. The molecule has 0 spiro atoms. The Balaban J connectivity index is 2.19. The van der Waals surface area contributed by atoms with Crippen molar-refractivity contribution in [3.8, 4) is 0 Å². The number of carbonyl (C=O) groups is 1. The molecule has 0 aromatic heterocycles. The Morgan fingerprint density at radius 1 is 1.50 bits per heavy atom. The van der Waals surface area contributed by atoms with Crippen LogP contribution in [0.3, 0.4) is 0 Å². The van der Waals surface area contributed by atoms with E-state index in [4.69, 9.17) is 0 Å². The number of nitro groups is 1. The largest absolute Gasteiger partial charge is 0.369 e. The zero-order chi connectivity index (χ0) is 16.3. The normalized spacial score (nSPS) is 19.0. The first kappa shape index (κ1) is 16.4. The van der Waals surface area contributed by atoms with Gasteiger partial charge in [0.2, 0.25) is 0 Å². The number of benzene rings is 1. The molecule has 1 aromatic rings. The standard InChI is InChI=1S/C16H23N3O3/c1-12(20)14-6-7-15(16(9-14)19(21)22)18(3)11-13-5-4-8-17(2)10-13/h6-7,9,13H,4-5,8,10-11H2,1-3H3. The van der Waals surface area contributed by atoms with Crippen molar-refractivity contribution < 1.29 is 9.72 Å². The number of hydrogen-bond acceptors (Lipinski definition) is 5. The summed E-state index contributed by atoms with van der Waals surface area (Å²) >= 11 is 0. The fourth-order valence-electron chi connectivity index (χ4n) is 3.12. The highest BCUT2D eigenvalue weighted by atomic mass is 16.6. The summed E-state index contributed by atoms with van der Waals surface area (Å²) in [6, 6.07) is 4.72. The first-order chi connectivity index (χ1) is 10.4. The summed E-state index contributed by atoms with van der Waals surface area (Å²) < 4.78 is 0. The van der Waals surface area contributed by atoms with E-state index in [1.165, 1.54) is 19.4 Å². The molecule has 0 saturated carbocycles. The Labute approximate surface area is 130 Å². The minimum absolute atomic E-state index is 0.000589. The van der Waals surface area contributed by atoms with Crippen LogP contribution in [0.5, 0.6) is 0 Å². The molecule has 0 N–H and O–H groups in total. The third kappa shape index (κ3) is 3.82. The summed E-state index contributed by atoms with van der Waals surface area (Å²) in [7, 11) is 3.99. The van der Waals surface area contributed by atoms with E-state index in [-0.39, 0.29) is 11.5 Å². The highest BCUT2D eigenvalue weighted by molar-refractivity contribution is 5.95. The van der Waals surface area contributed by atoms with Crippen LogP contribution in [-0.4, -0.2) is 49.3 Å². The predicted octanol–water partition coefficient (Wildman–Crippen LogP) is 2.58. The van der Waals surface area contributed by atoms with Gasteiger partial charge in [0.05, 0.1) is 4.92 Å². The first-order valence-electron chi connectivity index (χ1n) is 7.57. The molecule has 0 amide bonds. The molecule has 1 fully saturated rings. The topological polar surface area (TPSA) is 66.7 Å². The lowest BCUT2D eigenvalue weighted by molar-refractivity contribution is -0.384. The van der Waals surface area contributed by atoms with E-state index in [0.717, 1.165) is 26.1 Å². The second-order valence-corrected chi connectivity index (χ2v) is 6.17. The monoisotopic (exact) mass is 305 g/mol. The maximum Gasteiger partial charge on any atom is 0.293 e. The van der Waals surface area contributed by atoms with E-state index < -0.39 is 4.92 Å². The fourth-order valence-corrected chi connectivity index (χ4v) is 3.12. The first-order valence-corrected chi connectivity index (χ1v) is 7.57. The molecule has 6 heteroatoms. The second kappa shape index (κ2) is 6.87. The number of anilines is 1. The van der Waals surface area contributed by atoms with Crippen molar-refractivity contribution in [1.29, 1.82) is 0 Å². The summed E-state index contributed by atoms with van der Waals surface area (Å²) in [6.45, 7) is 4.34. The van der Waals surface area contributed by atoms with Gasteiger partial charge in [0.1, 0.15) is 5.69 Å². The van der Waals surface area contributed by atoms with E-state index in [1.807, 2.05) is 11.9 Å². The molecule has 2 rings (SSSR count). The third-order valence-electron chi connectivity index (χ3n) is 4.24. The number of rotatable bonds is 5. The van der Waals surface area contributed by atoms with E-state index in [1.54, 1.807) is 12.1 Å². The highest BCUT2D eigenvalue weighted by Gasteiger charge is 2.23. The molecule has 1 heterocycles. The van der Waals surface area contributed by atoms with E-state index in [2.05, 4.69) is 11.9 Å². The smallest absolute Gasteiger partial charge is 0.293 e. The van der Waals surface area contributed by atoms with Gasteiger partial charge < -0.3 is 9.80 Å². The number of piperidine rings is 1. The number of hydrogen-bond donors (Lipinski definition) is 0. The fraction of sp³-hybridized carbons (Fsp3) is 0.562. The van der Waals surface area contributed by atoms with Gasteiger partial charge in [0.25, 0.3) is 5.69 Å². The molecule has 1 aromatic carbocycles. The molecule has 0 bridgehead atoms. The Kier molecular flexibility index (Phi) is 5.13. The van der Waals surface area contributed by atoms with Gasteiger partial charge in [-0.1, -0.05) is 0 Å². The molecule has 120 valence electrons. The van der Waals surface area contributed by atoms with Gasteiger partial charge in [-0.2, -0.15) is 0 Å². The van der Waals surface area contributed by atoms with Crippen LogP contribution in [0, 0.1) is 16.0 Å². The Hall–Kier alpha value is -1.95. The highest BCUT2D eigenvalue weighted by Crippen LogP contribution is 2.30. The maximum absolute atomic E-state index is 11.4. The lowest BCUT2D eigenvalue weighted by Gasteiger charge is -2.33. The molecule has 1 saturated heterocycles. The lowest BCUT2D eigenvalue weighted by Crippen LogP contribution is -2.38. The number of nitrogens with zero attached hydrogens (tertiary/aromatic N) is 3. The summed E-state index contributed by atoms with van der Waals surface area (Å²) in [6.07, 6.45) is 2.31. The molecule has 22 heavy (non-hydrogen) atoms. The van der Waals surface area contributed by atoms with Gasteiger partial charge in [-0.15, -0.1) is 0 Å². The van der Waals surface area contributed by atoms with Gasteiger partial charge in [-0.05, 0) is 51.4 Å². The minimum atomic E-state index is -0.411. The van der Waals surface area contributed by atoms with Crippen LogP contribution in [0.25, 0.3) is 0 Å². The Bertz CT molecular complexity index is 574. The summed E-state index contributed by atoms with van der Waals surface area (Å²) in [4.78, 5) is 26.5. The SMILES string of the molecule is CC(=O)c1ccc(N(C)CC2CCCN(C)C2)c([N+](=O)[O-])c1. The van der Waals surface area contributed by atoms with Crippen molar-refractivity contribution in [2.24, 2.45) is 5.92 Å². The maximum atomic E-state index is 11.4. The number of carbonyl (C=O) groups excluding carboxylic acids is 1. The molecular weight excluding hydrogens is 282 g/mol. The number of Topliss-reactive ketones (excluding diaryl/α,β-unsaturated/α-hetero) is 1. The van der Waals surface area contributed by atoms with Crippen LogP contribution in [-0.2, 0) is 0 Å². The predicted molar refractivity (Wildman–Crippen MR) is 86.6 cm³/mol. The summed E-state index contributed by atoms with van der Waals surface area (Å²) in [5.41, 5.74) is 0.948. The van der Waals surface area contributed by atoms with Gasteiger partial charge in [0, 0.05) is 31.8 Å². The number of nitro benzene ring substituents is 1. The van der Waals surface area contributed by atoms with Crippen molar-refractivity contribution in [2.45, 2.75) is 19.8 Å². The third-order valence-corrected chi connectivity index (χ3v) is 4.24. The zero-order valence-electron chi connectivity index (χ0n) is 13.4. The molecule has 1 unspecified atom stereocenters. The van der Waals surface area contributed by atoms with Crippen molar-refractivity contribution in [3.63, 3.8) is 0 Å². The van der Waals surface area contributed by atoms with Crippen LogP contribution < -0.4 is 4.90 Å². The molecule has 0 aliphatic carbocycles. The second-order valence-electron chi connectivity index (χ2n) is 6.17. The van der Waals surface area contributed by atoms with Crippen molar-refractivity contribution in [1.82, 2.24) is 4.90 Å². The molecule has 1 atom stereocenters. The van der Waals surface area contributed by atoms with E-state index in [0.29, 0.717) is 17.2 Å². The van der Waals surface area contributed by atoms with Crippen LogP contribution >= 0.6 is 0 Å². The lowest BCUT2D eigenvalue weighted by atomic mass is 9.97.